The van der Waals surface area contributed by atoms with E-state index in [-0.39, 0.29) is 34.6 Å². The second kappa shape index (κ2) is 6.20. The fourth-order valence-electron chi connectivity index (χ4n) is 3.37. The van der Waals surface area contributed by atoms with E-state index in [1.54, 1.807) is 11.6 Å². The minimum Gasteiger partial charge on any atom is -0.487 e. The third kappa shape index (κ3) is 3.03. The number of imidazole rings is 1. The number of fused-ring (bicyclic) bond motifs is 1. The van der Waals surface area contributed by atoms with Crippen molar-refractivity contribution in [3.63, 3.8) is 0 Å². The normalized spacial score (nSPS) is 18.5. The molecule has 2 fully saturated rings. The van der Waals surface area contributed by atoms with Crippen LogP contribution in [-0.2, 0) is 7.05 Å². The van der Waals surface area contributed by atoms with E-state index in [0.717, 1.165) is 38.5 Å². The molecule has 0 atom stereocenters. The molecule has 1 aromatic carbocycles. The molecule has 1 aromatic heterocycles. The molecule has 0 spiro atoms. The smallest absolute Gasteiger partial charge is 0.297 e. The van der Waals surface area contributed by atoms with Crippen LogP contribution in [0, 0.1) is 5.82 Å². The molecule has 7 heteroatoms. The van der Waals surface area contributed by atoms with Gasteiger partial charge in [0, 0.05) is 7.05 Å². The highest BCUT2D eigenvalue weighted by atomic mass is 19.1. The van der Waals surface area contributed by atoms with Gasteiger partial charge in [-0.25, -0.2) is 4.39 Å². The van der Waals surface area contributed by atoms with E-state index in [0.29, 0.717) is 6.01 Å². The number of carbonyl (C=O) groups is 1. The van der Waals surface area contributed by atoms with E-state index in [2.05, 4.69) is 4.98 Å². The Balaban J connectivity index is 1.78. The van der Waals surface area contributed by atoms with Crippen LogP contribution in [0.5, 0.6) is 11.8 Å². The van der Waals surface area contributed by atoms with Gasteiger partial charge in [-0.15, -0.1) is 0 Å². The van der Waals surface area contributed by atoms with Gasteiger partial charge in [0.1, 0.15) is 17.1 Å². The summed E-state index contributed by atoms with van der Waals surface area (Å²) < 4.78 is 28.1. The van der Waals surface area contributed by atoms with E-state index in [4.69, 9.17) is 15.2 Å². The monoisotopic (exact) mass is 347 g/mol. The number of benzene rings is 1. The molecule has 2 aliphatic carbocycles. The maximum Gasteiger partial charge on any atom is 0.297 e. The Kier molecular flexibility index (Phi) is 4.01. The number of aromatic nitrogens is 2. The van der Waals surface area contributed by atoms with Gasteiger partial charge in [-0.05, 0) is 44.6 Å². The third-order valence-electron chi connectivity index (χ3n) is 4.92. The fourth-order valence-corrected chi connectivity index (χ4v) is 3.37. The first-order chi connectivity index (χ1) is 12.0. The standard InChI is InChI=1S/C18H22FN3O3/c1-22-16-14(19)13(24-11-7-8-11)9-12(17(20)23)15(16)21-18(22)25-10-5-3-2-4-6-10/h9-11H,2-8H2,1H3,(H2,20,23). The lowest BCUT2D eigenvalue weighted by Crippen LogP contribution is -2.21. The van der Waals surface area contributed by atoms with E-state index in [1.165, 1.54) is 12.5 Å². The number of carbonyl (C=O) groups excluding carboxylic acids is 1. The van der Waals surface area contributed by atoms with Crippen LogP contribution in [0.3, 0.4) is 0 Å². The van der Waals surface area contributed by atoms with Gasteiger partial charge in [-0.1, -0.05) is 6.42 Å². The summed E-state index contributed by atoms with van der Waals surface area (Å²) in [5.41, 5.74) is 6.05. The van der Waals surface area contributed by atoms with Gasteiger partial charge >= 0.3 is 0 Å². The number of hydrogen-bond acceptors (Lipinski definition) is 4. The number of amides is 1. The Bertz CT molecular complexity index is 823. The van der Waals surface area contributed by atoms with Crippen molar-refractivity contribution in [2.45, 2.75) is 57.2 Å². The molecule has 4 rings (SSSR count). The molecular formula is C18H22FN3O3. The zero-order chi connectivity index (χ0) is 17.6. The quantitative estimate of drug-likeness (QED) is 0.901. The number of rotatable bonds is 5. The predicted octanol–water partition coefficient (Wildman–Crippen LogP) is 3.06. The summed E-state index contributed by atoms with van der Waals surface area (Å²) in [4.78, 5) is 16.2. The third-order valence-corrected chi connectivity index (χ3v) is 4.92. The molecule has 2 N–H and O–H groups in total. The average molecular weight is 347 g/mol. The Hall–Kier alpha value is -2.31. The summed E-state index contributed by atoms with van der Waals surface area (Å²) in [6.45, 7) is 0. The zero-order valence-electron chi connectivity index (χ0n) is 14.3. The number of hydrogen-bond donors (Lipinski definition) is 1. The summed E-state index contributed by atoms with van der Waals surface area (Å²) in [7, 11) is 1.68. The minimum absolute atomic E-state index is 0.0128. The summed E-state index contributed by atoms with van der Waals surface area (Å²) in [5.74, 6) is -1.13. The van der Waals surface area contributed by atoms with Crippen molar-refractivity contribution in [1.29, 1.82) is 0 Å². The molecule has 1 amide bonds. The number of aryl methyl sites for hydroxylation is 1. The number of halogens is 1. The molecule has 0 saturated heterocycles. The first kappa shape index (κ1) is 16.2. The van der Waals surface area contributed by atoms with Gasteiger partial charge in [0.05, 0.1) is 11.7 Å². The summed E-state index contributed by atoms with van der Waals surface area (Å²) >= 11 is 0. The highest BCUT2D eigenvalue weighted by Gasteiger charge is 2.29. The zero-order valence-corrected chi connectivity index (χ0v) is 14.3. The van der Waals surface area contributed by atoms with Crippen LogP contribution in [0.1, 0.15) is 55.3 Å². The molecule has 1 heterocycles. The van der Waals surface area contributed by atoms with Gasteiger partial charge in [0.15, 0.2) is 11.6 Å². The second-order valence-electron chi connectivity index (χ2n) is 6.95. The molecule has 134 valence electrons. The average Bonchev–Trinajstić information content (AvgIpc) is 3.35. The molecule has 2 aliphatic rings. The number of ether oxygens (including phenoxy) is 2. The van der Waals surface area contributed by atoms with E-state index >= 15 is 0 Å². The van der Waals surface area contributed by atoms with Crippen LogP contribution in [0.4, 0.5) is 4.39 Å². The number of nitrogens with two attached hydrogens (primary N) is 1. The maximum absolute atomic E-state index is 15.0. The van der Waals surface area contributed by atoms with Crippen LogP contribution in [0.2, 0.25) is 0 Å². The van der Waals surface area contributed by atoms with Gasteiger partial charge in [0.25, 0.3) is 11.9 Å². The highest BCUT2D eigenvalue weighted by Crippen LogP contribution is 2.36. The Morgan fingerprint density at radius 1 is 1.20 bits per heavy atom. The molecule has 2 saturated carbocycles. The highest BCUT2D eigenvalue weighted by molar-refractivity contribution is 6.05. The van der Waals surface area contributed by atoms with Gasteiger partial charge < -0.3 is 15.2 Å². The summed E-state index contributed by atoms with van der Waals surface area (Å²) in [6.07, 6.45) is 7.25. The van der Waals surface area contributed by atoms with Crippen molar-refractivity contribution in [3.8, 4) is 11.8 Å². The van der Waals surface area contributed by atoms with Gasteiger partial charge in [-0.3, -0.25) is 9.36 Å². The van der Waals surface area contributed by atoms with Crippen LogP contribution in [0.15, 0.2) is 6.07 Å². The molecule has 0 radical (unpaired) electrons. The van der Waals surface area contributed by atoms with Crippen LogP contribution < -0.4 is 15.2 Å². The number of nitrogens with zero attached hydrogens (tertiary/aromatic N) is 2. The lowest BCUT2D eigenvalue weighted by molar-refractivity contribution is 0.100. The molecular weight excluding hydrogens is 325 g/mol. The molecule has 0 aliphatic heterocycles. The Morgan fingerprint density at radius 2 is 1.88 bits per heavy atom. The summed E-state index contributed by atoms with van der Waals surface area (Å²) in [5, 5.41) is 0. The van der Waals surface area contributed by atoms with Gasteiger partial charge in [-0.2, -0.15) is 4.98 Å². The topological polar surface area (TPSA) is 79.4 Å². The largest absolute Gasteiger partial charge is 0.487 e. The lowest BCUT2D eigenvalue weighted by atomic mass is 9.98. The van der Waals surface area contributed by atoms with Crippen molar-refractivity contribution in [1.82, 2.24) is 9.55 Å². The van der Waals surface area contributed by atoms with Crippen molar-refractivity contribution in [2.75, 3.05) is 0 Å². The predicted molar refractivity (Wildman–Crippen MR) is 90.3 cm³/mol. The molecule has 0 bridgehead atoms. The first-order valence-corrected chi connectivity index (χ1v) is 8.86. The van der Waals surface area contributed by atoms with Crippen LogP contribution >= 0.6 is 0 Å². The van der Waals surface area contributed by atoms with Crippen LogP contribution in [0.25, 0.3) is 11.0 Å². The SMILES string of the molecule is Cn1c(OC2CCCCC2)nc2c(C(N)=O)cc(OC3CC3)c(F)c21. The van der Waals surface area contributed by atoms with Crippen molar-refractivity contribution < 1.29 is 18.7 Å². The van der Waals surface area contributed by atoms with Crippen molar-refractivity contribution >= 4 is 16.9 Å². The molecule has 0 unspecified atom stereocenters. The maximum atomic E-state index is 15.0. The molecule has 6 nitrogen and oxygen atoms in total. The minimum atomic E-state index is -0.659. The Labute approximate surface area is 145 Å². The first-order valence-electron chi connectivity index (χ1n) is 8.86. The second-order valence-corrected chi connectivity index (χ2v) is 6.95. The molecule has 25 heavy (non-hydrogen) atoms. The Morgan fingerprint density at radius 3 is 2.52 bits per heavy atom. The molecule has 2 aromatic rings. The van der Waals surface area contributed by atoms with Crippen molar-refractivity contribution in [2.24, 2.45) is 12.8 Å². The summed E-state index contributed by atoms with van der Waals surface area (Å²) in [6, 6.07) is 1.67. The van der Waals surface area contributed by atoms with Crippen molar-refractivity contribution in [3.05, 3.63) is 17.4 Å². The van der Waals surface area contributed by atoms with Crippen LogP contribution in [-0.4, -0.2) is 27.7 Å². The van der Waals surface area contributed by atoms with E-state index in [9.17, 15) is 9.18 Å². The number of primary amides is 1. The van der Waals surface area contributed by atoms with Gasteiger partial charge in [0.2, 0.25) is 0 Å². The fraction of sp³-hybridized carbons (Fsp3) is 0.556. The van der Waals surface area contributed by atoms with E-state index in [1.807, 2.05) is 0 Å². The lowest BCUT2D eigenvalue weighted by Gasteiger charge is -2.22. The van der Waals surface area contributed by atoms with E-state index < -0.39 is 11.7 Å².